The molecule has 1 aromatic carbocycles. The first-order valence-electron chi connectivity index (χ1n) is 11.9. The number of anilines is 1. The van der Waals surface area contributed by atoms with E-state index in [4.69, 9.17) is 15.3 Å². The highest BCUT2D eigenvalue weighted by Gasteiger charge is 2.31. The number of carbonyl (C=O) groups is 4. The molecule has 196 valence electrons. The van der Waals surface area contributed by atoms with E-state index in [9.17, 15) is 19.2 Å². The second kappa shape index (κ2) is 10.8. The Bertz CT molecular complexity index is 1250. The van der Waals surface area contributed by atoms with E-state index in [1.54, 1.807) is 26.0 Å². The van der Waals surface area contributed by atoms with Crippen LogP contribution in [0, 0.1) is 19.3 Å². The molecule has 0 saturated heterocycles. The Labute approximate surface area is 212 Å². The molecule has 0 unspecified atom stereocenters. The maximum Gasteiger partial charge on any atom is 0.423 e. The molecule has 4 rings (SSSR count). The van der Waals surface area contributed by atoms with Crippen LogP contribution in [0.4, 0.5) is 10.5 Å². The number of carbonyl (C=O) groups excluding carboxylic acids is 4. The highest BCUT2D eigenvalue weighted by atomic mass is 16.7. The monoisotopic (exact) mass is 511 g/mol. The minimum Gasteiger partial charge on any atom is -0.426 e. The zero-order valence-corrected chi connectivity index (χ0v) is 20.6. The number of benzene rings is 1. The van der Waals surface area contributed by atoms with Gasteiger partial charge in [0.25, 0.3) is 11.8 Å². The molecule has 1 aromatic heterocycles. The van der Waals surface area contributed by atoms with Crippen molar-refractivity contribution in [3.8, 4) is 0 Å². The zero-order chi connectivity index (χ0) is 26.7. The summed E-state index contributed by atoms with van der Waals surface area (Å²) in [7, 11) is 0. The van der Waals surface area contributed by atoms with Crippen LogP contribution >= 0.6 is 0 Å². The van der Waals surface area contributed by atoms with Crippen molar-refractivity contribution in [1.29, 1.82) is 5.41 Å². The van der Waals surface area contributed by atoms with Gasteiger partial charge in [-0.2, -0.15) is 0 Å². The van der Waals surface area contributed by atoms with Gasteiger partial charge in [0.15, 0.2) is 5.84 Å². The Balaban J connectivity index is 1.65. The lowest BCUT2D eigenvalue weighted by Gasteiger charge is -2.24. The average molecular weight is 512 g/mol. The van der Waals surface area contributed by atoms with E-state index >= 15 is 0 Å². The summed E-state index contributed by atoms with van der Waals surface area (Å²) in [5.41, 5.74) is 2.03. The van der Waals surface area contributed by atoms with Crippen molar-refractivity contribution in [2.24, 2.45) is 0 Å². The van der Waals surface area contributed by atoms with Crippen molar-refractivity contribution in [2.45, 2.75) is 51.6 Å². The molecule has 12 heteroatoms. The van der Waals surface area contributed by atoms with Gasteiger partial charge in [-0.25, -0.2) is 14.5 Å². The van der Waals surface area contributed by atoms with E-state index in [-0.39, 0.29) is 46.7 Å². The van der Waals surface area contributed by atoms with Crippen LogP contribution in [0.25, 0.3) is 0 Å². The van der Waals surface area contributed by atoms with E-state index in [1.165, 1.54) is 12.3 Å². The van der Waals surface area contributed by atoms with E-state index in [2.05, 4.69) is 20.4 Å². The third kappa shape index (κ3) is 6.15. The minimum absolute atomic E-state index is 0.125. The quantitative estimate of drug-likeness (QED) is 0.148. The number of esters is 1. The number of amides is 3. The molecule has 0 atom stereocenters. The van der Waals surface area contributed by atoms with Crippen LogP contribution in [0.3, 0.4) is 0 Å². The summed E-state index contributed by atoms with van der Waals surface area (Å²) in [5.74, 6) is -1.92. The predicted molar refractivity (Wildman–Crippen MR) is 132 cm³/mol. The number of aliphatic hydroxyl groups is 1. The molecule has 0 spiro atoms. The van der Waals surface area contributed by atoms with E-state index in [1.807, 2.05) is 0 Å². The highest BCUT2D eigenvalue weighted by Crippen LogP contribution is 2.27. The number of aromatic nitrogens is 1. The molecule has 0 radical (unpaired) electrons. The van der Waals surface area contributed by atoms with Gasteiger partial charge in [0.1, 0.15) is 6.61 Å². The molecule has 2 aromatic rings. The molecule has 5 N–H and O–H groups in total. The largest absolute Gasteiger partial charge is 0.426 e. The first-order chi connectivity index (χ1) is 17.7. The first kappa shape index (κ1) is 25.9. The van der Waals surface area contributed by atoms with Crippen LogP contribution in [-0.4, -0.2) is 65.3 Å². The molecule has 2 saturated carbocycles. The molecular weight excluding hydrogens is 482 g/mol. The second-order valence-electron chi connectivity index (χ2n) is 9.09. The highest BCUT2D eigenvalue weighted by molar-refractivity contribution is 6.21. The van der Waals surface area contributed by atoms with Gasteiger partial charge in [-0.15, -0.1) is 0 Å². The number of amidine groups is 1. The molecule has 37 heavy (non-hydrogen) atoms. The zero-order valence-electron chi connectivity index (χ0n) is 20.6. The Kier molecular flexibility index (Phi) is 7.58. The fourth-order valence-electron chi connectivity index (χ4n) is 3.63. The summed E-state index contributed by atoms with van der Waals surface area (Å²) in [6.07, 6.45) is 4.06. The molecular formula is C25H29N5O7. The van der Waals surface area contributed by atoms with Gasteiger partial charge in [0, 0.05) is 23.8 Å². The summed E-state index contributed by atoms with van der Waals surface area (Å²) >= 11 is 0. The van der Waals surface area contributed by atoms with Crippen molar-refractivity contribution in [3.05, 3.63) is 52.3 Å². The van der Waals surface area contributed by atoms with Crippen LogP contribution < -0.4 is 15.5 Å². The standard InChI is InChI=1S/C25H29N5O7/c1-13-3-4-15(23(33)28-16-5-6-16)9-19(13)30(25(35)37-12-36-20(32)11-31)22(26)21-14(2)18(10-27-21)24(34)29-17-7-8-17/h3-4,9-10,16-17,26-27,31H,5-8,11-12H2,1-2H3,(H,28,33)(H,29,34). The minimum atomic E-state index is -1.06. The third-order valence-corrected chi connectivity index (χ3v) is 6.10. The number of nitrogens with zero attached hydrogens (tertiary/aromatic N) is 1. The number of aryl methyl sites for hydroxylation is 1. The lowest BCUT2D eigenvalue weighted by Crippen LogP contribution is -2.39. The molecule has 2 aliphatic carbocycles. The van der Waals surface area contributed by atoms with Crippen molar-refractivity contribution in [1.82, 2.24) is 15.6 Å². The van der Waals surface area contributed by atoms with Crippen LogP contribution in [0.2, 0.25) is 0 Å². The van der Waals surface area contributed by atoms with Crippen LogP contribution in [0.1, 0.15) is 63.2 Å². The van der Waals surface area contributed by atoms with E-state index < -0.39 is 25.5 Å². The average Bonchev–Trinajstić information content (AvgIpc) is 3.80. The van der Waals surface area contributed by atoms with E-state index in [0.717, 1.165) is 30.6 Å². The number of aliphatic hydroxyl groups excluding tert-OH is 1. The third-order valence-electron chi connectivity index (χ3n) is 6.10. The van der Waals surface area contributed by atoms with Gasteiger partial charge in [-0.05, 0) is 62.8 Å². The lowest BCUT2D eigenvalue weighted by molar-refractivity contribution is -0.154. The number of hydrogen-bond donors (Lipinski definition) is 5. The molecule has 12 nitrogen and oxygen atoms in total. The Morgan fingerprint density at radius 2 is 1.70 bits per heavy atom. The van der Waals surface area contributed by atoms with Gasteiger partial charge in [-0.1, -0.05) is 6.07 Å². The summed E-state index contributed by atoms with van der Waals surface area (Å²) in [6, 6.07) is 5.01. The van der Waals surface area contributed by atoms with Gasteiger partial charge in [0.2, 0.25) is 6.79 Å². The van der Waals surface area contributed by atoms with Gasteiger partial charge >= 0.3 is 12.1 Å². The Morgan fingerprint density at radius 1 is 1.05 bits per heavy atom. The fourth-order valence-corrected chi connectivity index (χ4v) is 3.63. The van der Waals surface area contributed by atoms with Gasteiger partial charge in [-0.3, -0.25) is 15.0 Å². The van der Waals surface area contributed by atoms with Crippen LogP contribution in [0.15, 0.2) is 24.4 Å². The maximum atomic E-state index is 13.2. The SMILES string of the molecule is Cc1ccc(C(=O)NC2CC2)cc1N(C(=N)c1[nH]cc(C(=O)NC2CC2)c1C)C(=O)OCOC(=O)CO. The Morgan fingerprint density at radius 3 is 2.32 bits per heavy atom. The number of nitrogens with one attached hydrogen (secondary N) is 4. The Hall–Kier alpha value is -4.19. The molecule has 0 bridgehead atoms. The van der Waals surface area contributed by atoms with Crippen molar-refractivity contribution < 1.29 is 33.8 Å². The number of rotatable bonds is 9. The van der Waals surface area contributed by atoms with Crippen LogP contribution in [0.5, 0.6) is 0 Å². The fraction of sp³-hybridized carbons (Fsp3) is 0.400. The smallest absolute Gasteiger partial charge is 0.423 e. The molecule has 2 fully saturated rings. The number of aromatic amines is 1. The molecule has 3 amide bonds. The first-order valence-corrected chi connectivity index (χ1v) is 11.9. The van der Waals surface area contributed by atoms with Crippen LogP contribution in [-0.2, 0) is 14.3 Å². The predicted octanol–water partition coefficient (Wildman–Crippen LogP) is 1.88. The van der Waals surface area contributed by atoms with Gasteiger partial charge in [0.05, 0.1) is 16.9 Å². The number of hydrogen-bond acceptors (Lipinski definition) is 8. The summed E-state index contributed by atoms with van der Waals surface area (Å²) in [6.45, 7) is 1.68. The summed E-state index contributed by atoms with van der Waals surface area (Å²) in [5, 5.41) is 23.5. The normalized spacial score (nSPS) is 14.5. The van der Waals surface area contributed by atoms with E-state index in [0.29, 0.717) is 16.7 Å². The maximum absolute atomic E-state index is 13.2. The number of ether oxygens (including phenoxy) is 2. The lowest BCUT2D eigenvalue weighted by atomic mass is 10.1. The second-order valence-corrected chi connectivity index (χ2v) is 9.09. The number of H-pyrrole nitrogens is 1. The summed E-state index contributed by atoms with van der Waals surface area (Å²) < 4.78 is 9.68. The van der Waals surface area contributed by atoms with Gasteiger partial charge < -0.3 is 30.2 Å². The summed E-state index contributed by atoms with van der Waals surface area (Å²) in [4.78, 5) is 53.5. The molecule has 0 aliphatic heterocycles. The van der Waals surface area contributed by atoms with Crippen molar-refractivity contribution in [2.75, 3.05) is 18.3 Å². The van der Waals surface area contributed by atoms with Crippen molar-refractivity contribution >= 4 is 35.4 Å². The molecule has 1 heterocycles. The topological polar surface area (TPSA) is 174 Å². The molecule has 2 aliphatic rings. The van der Waals surface area contributed by atoms with Crippen molar-refractivity contribution in [3.63, 3.8) is 0 Å².